The molecule has 6 heteroatoms. The lowest BCUT2D eigenvalue weighted by Crippen LogP contribution is -2.05. The highest BCUT2D eigenvalue weighted by molar-refractivity contribution is 14.1. The lowest BCUT2D eigenvalue weighted by molar-refractivity contribution is 0.106. The molecule has 0 aliphatic carbocycles. The minimum atomic E-state index is -2.72. The van der Waals surface area contributed by atoms with Crippen LogP contribution in [0.2, 0.25) is 0 Å². The third-order valence-electron chi connectivity index (χ3n) is 1.63. The van der Waals surface area contributed by atoms with Gasteiger partial charge in [-0.2, -0.15) is 0 Å². The molecule has 0 unspecified atom stereocenters. The summed E-state index contributed by atoms with van der Waals surface area (Å²) in [6.07, 6.45) is -2.72. The van der Waals surface area contributed by atoms with E-state index in [1.54, 1.807) is 22.6 Å². The lowest BCUT2D eigenvalue weighted by Gasteiger charge is -2.08. The van der Waals surface area contributed by atoms with Crippen molar-refractivity contribution < 1.29 is 13.6 Å². The average molecular weight is 331 g/mol. The first-order valence-corrected chi connectivity index (χ1v) is 5.04. The summed E-state index contributed by atoms with van der Waals surface area (Å²) < 4.78 is 25.4. The van der Waals surface area contributed by atoms with Crippen LogP contribution in [-0.4, -0.2) is 10.2 Å². The number of aryl methyl sites for hydroxylation is 1. The number of hydrogen-bond acceptors (Lipinski definition) is 2. The Morgan fingerprint density at radius 1 is 1.64 bits per heavy atom. The zero-order chi connectivity index (χ0) is 10.9. The van der Waals surface area contributed by atoms with Gasteiger partial charge in [-0.15, -0.1) is 0 Å². The summed E-state index contributed by atoms with van der Waals surface area (Å²) >= 11 is 7.00. The van der Waals surface area contributed by atoms with Crippen LogP contribution < -0.4 is 0 Å². The number of halogens is 4. The van der Waals surface area contributed by atoms with E-state index in [4.69, 9.17) is 11.6 Å². The van der Waals surface area contributed by atoms with E-state index in [-0.39, 0.29) is 16.8 Å². The van der Waals surface area contributed by atoms with Gasteiger partial charge in [0.1, 0.15) is 3.70 Å². The van der Waals surface area contributed by atoms with E-state index in [1.165, 1.54) is 6.92 Å². The number of alkyl halides is 2. The molecule has 0 aromatic carbocycles. The van der Waals surface area contributed by atoms with Crippen LogP contribution in [0.25, 0.3) is 0 Å². The van der Waals surface area contributed by atoms with Gasteiger partial charge in [0.15, 0.2) is 0 Å². The van der Waals surface area contributed by atoms with Crippen molar-refractivity contribution in [1.82, 2.24) is 4.98 Å². The van der Waals surface area contributed by atoms with Crippen LogP contribution in [0.3, 0.4) is 0 Å². The number of nitrogens with zero attached hydrogens (tertiary/aromatic N) is 1. The highest BCUT2D eigenvalue weighted by atomic mass is 127. The molecule has 1 aromatic heterocycles. The summed E-state index contributed by atoms with van der Waals surface area (Å²) in [6, 6.07) is 1.16. The molecule has 0 aliphatic rings. The normalized spacial score (nSPS) is 10.7. The summed E-state index contributed by atoms with van der Waals surface area (Å²) in [6.45, 7) is 1.48. The van der Waals surface area contributed by atoms with Crippen LogP contribution in [0.4, 0.5) is 8.78 Å². The maximum absolute atomic E-state index is 12.5. The topological polar surface area (TPSA) is 30.0 Å². The van der Waals surface area contributed by atoms with Gasteiger partial charge in [-0.05, 0) is 47.2 Å². The molecule has 0 saturated heterocycles. The Kier molecular flexibility index (Phi) is 3.77. The minimum Gasteiger partial charge on any atom is -0.276 e. The van der Waals surface area contributed by atoms with Crippen molar-refractivity contribution in [3.05, 3.63) is 26.6 Å². The van der Waals surface area contributed by atoms with Gasteiger partial charge in [0.2, 0.25) is 0 Å². The Bertz CT molecular complexity index is 384. The Labute approximate surface area is 97.8 Å². The number of rotatable bonds is 2. The van der Waals surface area contributed by atoms with Crippen molar-refractivity contribution in [2.45, 2.75) is 13.3 Å². The van der Waals surface area contributed by atoms with Crippen molar-refractivity contribution in [3.8, 4) is 0 Å². The number of carbonyl (C=O) groups is 1. The van der Waals surface area contributed by atoms with Crippen molar-refractivity contribution in [1.29, 1.82) is 0 Å². The minimum absolute atomic E-state index is 0.193. The highest BCUT2D eigenvalue weighted by Crippen LogP contribution is 2.27. The van der Waals surface area contributed by atoms with Crippen molar-refractivity contribution in [2.75, 3.05) is 0 Å². The van der Waals surface area contributed by atoms with Gasteiger partial charge < -0.3 is 0 Å². The molecule has 0 bridgehead atoms. The van der Waals surface area contributed by atoms with E-state index in [0.717, 1.165) is 6.07 Å². The molecule has 1 rings (SSSR count). The Morgan fingerprint density at radius 2 is 2.21 bits per heavy atom. The number of aromatic nitrogens is 1. The molecule has 0 N–H and O–H groups in total. The molecule has 0 radical (unpaired) electrons. The Hall–Kier alpha value is -0.300. The van der Waals surface area contributed by atoms with Gasteiger partial charge >= 0.3 is 0 Å². The van der Waals surface area contributed by atoms with Crippen LogP contribution in [-0.2, 0) is 0 Å². The molecular weight excluding hydrogens is 326 g/mol. The van der Waals surface area contributed by atoms with Gasteiger partial charge in [0.25, 0.3) is 11.7 Å². The second-order valence-electron chi connectivity index (χ2n) is 2.57. The molecule has 14 heavy (non-hydrogen) atoms. The average Bonchev–Trinajstić information content (AvgIpc) is 2.01. The van der Waals surface area contributed by atoms with Crippen molar-refractivity contribution in [3.63, 3.8) is 0 Å². The first-order valence-electron chi connectivity index (χ1n) is 3.58. The van der Waals surface area contributed by atoms with Gasteiger partial charge in [-0.1, -0.05) is 0 Å². The van der Waals surface area contributed by atoms with E-state index in [1.807, 2.05) is 0 Å². The fourth-order valence-electron chi connectivity index (χ4n) is 1.09. The maximum Gasteiger partial charge on any atom is 0.264 e. The second-order valence-corrected chi connectivity index (χ2v) is 4.02. The Morgan fingerprint density at radius 3 is 2.64 bits per heavy atom. The fraction of sp³-hybridized carbons (Fsp3) is 0.250. The standard InChI is InChI=1S/C8H5ClF2INO/c1-3-6(7(9)14)4(8(10)11)2-5(12)13-3/h2,8H,1H3. The Balaban J connectivity index is 3.44. The van der Waals surface area contributed by atoms with E-state index in [2.05, 4.69) is 4.98 Å². The maximum atomic E-state index is 12.5. The van der Waals surface area contributed by atoms with Crippen LogP contribution in [0.1, 0.15) is 28.0 Å². The summed E-state index contributed by atoms with van der Waals surface area (Å²) in [5.74, 6) is 0. The fourth-order valence-corrected chi connectivity index (χ4v) is 2.03. The molecule has 2 nitrogen and oxygen atoms in total. The highest BCUT2D eigenvalue weighted by Gasteiger charge is 2.20. The molecule has 0 amide bonds. The van der Waals surface area contributed by atoms with Gasteiger partial charge in [-0.3, -0.25) is 4.79 Å². The summed E-state index contributed by atoms with van der Waals surface area (Å²) in [5.41, 5.74) is -0.323. The predicted molar refractivity (Wildman–Crippen MR) is 56.8 cm³/mol. The number of carbonyl (C=O) groups excluding carboxylic acids is 1. The SMILES string of the molecule is Cc1nc(I)cc(C(F)F)c1C(=O)Cl. The second kappa shape index (κ2) is 4.48. The molecule has 1 heterocycles. The largest absolute Gasteiger partial charge is 0.276 e. The van der Waals surface area contributed by atoms with Crippen LogP contribution in [0.15, 0.2) is 6.07 Å². The lowest BCUT2D eigenvalue weighted by atomic mass is 10.1. The molecule has 76 valence electrons. The van der Waals surface area contributed by atoms with Crippen molar-refractivity contribution in [2.24, 2.45) is 0 Å². The van der Waals surface area contributed by atoms with E-state index < -0.39 is 11.7 Å². The summed E-state index contributed by atoms with van der Waals surface area (Å²) in [5, 5.41) is -0.901. The molecule has 0 spiro atoms. The number of hydrogen-bond donors (Lipinski definition) is 0. The smallest absolute Gasteiger partial charge is 0.264 e. The van der Waals surface area contributed by atoms with Gasteiger partial charge in [-0.25, -0.2) is 13.8 Å². The summed E-state index contributed by atoms with van der Waals surface area (Å²) in [4.78, 5) is 14.8. The van der Waals surface area contributed by atoms with Gasteiger partial charge in [0, 0.05) is 5.56 Å². The summed E-state index contributed by atoms with van der Waals surface area (Å²) in [7, 11) is 0. The van der Waals surface area contributed by atoms with Crippen LogP contribution in [0.5, 0.6) is 0 Å². The first-order chi connectivity index (χ1) is 6.43. The van der Waals surface area contributed by atoms with E-state index in [0.29, 0.717) is 3.70 Å². The first kappa shape index (κ1) is 11.8. The van der Waals surface area contributed by atoms with Crippen molar-refractivity contribution >= 4 is 39.4 Å². The van der Waals surface area contributed by atoms with Crippen LogP contribution in [0, 0.1) is 10.6 Å². The predicted octanol–water partition coefficient (Wildman–Crippen LogP) is 3.31. The van der Waals surface area contributed by atoms with E-state index in [9.17, 15) is 13.6 Å². The molecule has 0 fully saturated rings. The monoisotopic (exact) mass is 331 g/mol. The molecule has 1 aromatic rings. The zero-order valence-corrected chi connectivity index (χ0v) is 9.94. The van der Waals surface area contributed by atoms with Gasteiger partial charge in [0.05, 0.1) is 11.3 Å². The quantitative estimate of drug-likeness (QED) is 0.473. The molecule has 0 aliphatic heterocycles. The molecule has 0 saturated carbocycles. The van der Waals surface area contributed by atoms with Crippen LogP contribution >= 0.6 is 34.2 Å². The number of pyridine rings is 1. The third-order valence-corrected chi connectivity index (χ3v) is 2.37. The van der Waals surface area contributed by atoms with E-state index >= 15 is 0 Å². The zero-order valence-electron chi connectivity index (χ0n) is 7.02. The molecular formula is C8H5ClF2INO. The molecule has 0 atom stereocenters. The third kappa shape index (κ3) is 2.38.